The van der Waals surface area contributed by atoms with Crippen molar-refractivity contribution < 1.29 is 4.79 Å². The second-order valence-electron chi connectivity index (χ2n) is 6.39. The maximum Gasteiger partial charge on any atom is 0.241 e. The van der Waals surface area contributed by atoms with Crippen molar-refractivity contribution >= 4 is 17.2 Å². The first-order valence-corrected chi connectivity index (χ1v) is 9.59. The van der Waals surface area contributed by atoms with Crippen LogP contribution >= 0.6 is 11.3 Å². The lowest BCUT2D eigenvalue weighted by atomic mass is 10.1. The molecule has 1 saturated heterocycles. The molecule has 1 aliphatic heterocycles. The minimum absolute atomic E-state index is 0.0952. The number of hydrogen-bond acceptors (Lipinski definition) is 5. The van der Waals surface area contributed by atoms with E-state index in [1.807, 2.05) is 53.9 Å². The average molecular weight is 364 g/mol. The average Bonchev–Trinajstić information content (AvgIpc) is 3.34. The van der Waals surface area contributed by atoms with Crippen LogP contribution in [0.4, 0.5) is 0 Å². The maximum absolute atomic E-state index is 12.3. The van der Waals surface area contributed by atoms with Gasteiger partial charge in [-0.3, -0.25) is 14.7 Å². The second-order valence-corrected chi connectivity index (χ2v) is 7.28. The number of carbonyl (C=O) groups is 1. The molecule has 4 rings (SSSR count). The van der Waals surface area contributed by atoms with Crippen LogP contribution < -0.4 is 5.73 Å². The number of aromatic nitrogens is 2. The van der Waals surface area contributed by atoms with E-state index in [2.05, 4.69) is 9.88 Å². The van der Waals surface area contributed by atoms with Crippen molar-refractivity contribution in [2.45, 2.75) is 24.9 Å². The monoisotopic (exact) mass is 364 g/mol. The zero-order valence-corrected chi connectivity index (χ0v) is 15.1. The van der Waals surface area contributed by atoms with E-state index < -0.39 is 6.04 Å². The summed E-state index contributed by atoms with van der Waals surface area (Å²) in [5.74, 6) is -0.359. The van der Waals surface area contributed by atoms with Gasteiger partial charge in [-0.2, -0.15) is 0 Å². The number of carbonyl (C=O) groups excluding carboxylic acids is 1. The van der Waals surface area contributed by atoms with Crippen molar-refractivity contribution in [2.24, 2.45) is 5.73 Å². The summed E-state index contributed by atoms with van der Waals surface area (Å²) in [7, 11) is 0. The fraction of sp³-hybridized carbons (Fsp3) is 0.250. The van der Waals surface area contributed by atoms with E-state index >= 15 is 0 Å². The largest absolute Gasteiger partial charge is 0.368 e. The zero-order chi connectivity index (χ0) is 17.9. The highest BCUT2D eigenvalue weighted by atomic mass is 32.1. The third-order valence-corrected chi connectivity index (χ3v) is 5.65. The number of thiazole rings is 1. The van der Waals surface area contributed by atoms with Crippen molar-refractivity contribution in [3.8, 4) is 11.3 Å². The molecule has 0 saturated carbocycles. The fourth-order valence-corrected chi connectivity index (χ4v) is 4.52. The molecule has 0 bridgehead atoms. The number of benzene rings is 1. The van der Waals surface area contributed by atoms with E-state index in [4.69, 9.17) is 10.7 Å². The van der Waals surface area contributed by atoms with E-state index in [9.17, 15) is 4.79 Å². The molecule has 2 N–H and O–H groups in total. The summed E-state index contributed by atoms with van der Waals surface area (Å²) < 4.78 is 0. The minimum Gasteiger partial charge on any atom is -0.368 e. The van der Waals surface area contributed by atoms with Crippen LogP contribution in [-0.4, -0.2) is 27.3 Å². The Balaban J connectivity index is 1.66. The Bertz CT molecular complexity index is 881. The third kappa shape index (κ3) is 3.25. The van der Waals surface area contributed by atoms with Crippen molar-refractivity contribution in [2.75, 3.05) is 6.54 Å². The van der Waals surface area contributed by atoms with Gasteiger partial charge in [0.2, 0.25) is 5.91 Å². The normalized spacial score (nSPS) is 18.7. The Hall–Kier alpha value is -2.57. The Kier molecular flexibility index (Phi) is 4.77. The van der Waals surface area contributed by atoms with Gasteiger partial charge in [0, 0.05) is 23.7 Å². The molecule has 2 unspecified atom stereocenters. The maximum atomic E-state index is 12.3. The molecule has 26 heavy (non-hydrogen) atoms. The number of pyridine rings is 1. The van der Waals surface area contributed by atoms with Crippen LogP contribution in [0.3, 0.4) is 0 Å². The third-order valence-electron chi connectivity index (χ3n) is 4.75. The van der Waals surface area contributed by atoms with E-state index in [-0.39, 0.29) is 11.9 Å². The van der Waals surface area contributed by atoms with Crippen molar-refractivity contribution in [3.63, 3.8) is 0 Å². The van der Waals surface area contributed by atoms with Gasteiger partial charge in [-0.1, -0.05) is 36.4 Å². The van der Waals surface area contributed by atoms with Gasteiger partial charge in [0.1, 0.15) is 11.0 Å². The fourth-order valence-electron chi connectivity index (χ4n) is 3.57. The number of primary amides is 1. The van der Waals surface area contributed by atoms with Crippen LogP contribution in [0.5, 0.6) is 0 Å². The number of nitrogens with two attached hydrogens (primary N) is 1. The van der Waals surface area contributed by atoms with Gasteiger partial charge in [0.05, 0.1) is 17.4 Å². The molecule has 0 aliphatic carbocycles. The lowest BCUT2D eigenvalue weighted by Gasteiger charge is -2.29. The highest BCUT2D eigenvalue weighted by Gasteiger charge is 2.37. The van der Waals surface area contributed by atoms with Gasteiger partial charge < -0.3 is 5.73 Å². The topological polar surface area (TPSA) is 72.1 Å². The molecule has 132 valence electrons. The quantitative estimate of drug-likeness (QED) is 0.751. The van der Waals surface area contributed by atoms with Crippen molar-refractivity contribution in [3.05, 3.63) is 70.8 Å². The van der Waals surface area contributed by atoms with Crippen LogP contribution in [0, 0.1) is 0 Å². The predicted molar refractivity (Wildman–Crippen MR) is 102 cm³/mol. The van der Waals surface area contributed by atoms with Crippen molar-refractivity contribution in [1.29, 1.82) is 0 Å². The first-order valence-electron chi connectivity index (χ1n) is 8.71. The first-order chi connectivity index (χ1) is 12.7. The summed E-state index contributed by atoms with van der Waals surface area (Å²) in [4.78, 5) is 23.7. The van der Waals surface area contributed by atoms with Crippen LogP contribution in [0.2, 0.25) is 0 Å². The molecule has 3 aromatic rings. The van der Waals surface area contributed by atoms with Crippen molar-refractivity contribution in [1.82, 2.24) is 14.9 Å². The molecule has 0 radical (unpaired) electrons. The van der Waals surface area contributed by atoms with Crippen LogP contribution in [0.25, 0.3) is 11.3 Å². The van der Waals surface area contributed by atoms with E-state index in [1.165, 1.54) is 11.3 Å². The number of rotatable bonds is 5. The Morgan fingerprint density at radius 1 is 1.19 bits per heavy atom. The van der Waals surface area contributed by atoms with Gasteiger partial charge in [0.15, 0.2) is 0 Å². The molecular weight excluding hydrogens is 344 g/mol. The number of nitrogens with zero attached hydrogens (tertiary/aromatic N) is 3. The molecule has 1 amide bonds. The smallest absolute Gasteiger partial charge is 0.241 e. The SMILES string of the molecule is NC(=O)C(c1nc(-c2ccccc2)cs1)N1CCCC1c1ccccn1. The predicted octanol–water partition coefficient (Wildman–Crippen LogP) is 3.57. The zero-order valence-electron chi connectivity index (χ0n) is 14.3. The molecule has 2 aromatic heterocycles. The van der Waals surface area contributed by atoms with Gasteiger partial charge >= 0.3 is 0 Å². The molecule has 1 aromatic carbocycles. The Morgan fingerprint density at radius 3 is 2.73 bits per heavy atom. The Morgan fingerprint density at radius 2 is 2.00 bits per heavy atom. The number of likely N-dealkylation sites (tertiary alicyclic amines) is 1. The summed E-state index contributed by atoms with van der Waals surface area (Å²) in [6.07, 6.45) is 3.78. The lowest BCUT2D eigenvalue weighted by Crippen LogP contribution is -2.37. The van der Waals surface area contributed by atoms with Gasteiger partial charge in [-0.05, 0) is 25.0 Å². The van der Waals surface area contributed by atoms with Gasteiger partial charge in [0.25, 0.3) is 0 Å². The molecule has 1 fully saturated rings. The lowest BCUT2D eigenvalue weighted by molar-refractivity contribution is -0.123. The summed E-state index contributed by atoms with van der Waals surface area (Å²) in [5, 5.41) is 2.74. The number of hydrogen-bond donors (Lipinski definition) is 1. The van der Waals surface area contributed by atoms with Gasteiger partial charge in [-0.25, -0.2) is 4.98 Å². The summed E-state index contributed by atoms with van der Waals surface area (Å²) >= 11 is 1.49. The first kappa shape index (κ1) is 16.9. The van der Waals surface area contributed by atoms with Gasteiger partial charge in [-0.15, -0.1) is 11.3 Å². The molecule has 0 spiro atoms. The molecule has 5 nitrogen and oxygen atoms in total. The second kappa shape index (κ2) is 7.35. The van der Waals surface area contributed by atoms with Crippen LogP contribution in [0.15, 0.2) is 60.1 Å². The molecule has 2 atom stereocenters. The Labute approximate surface area is 156 Å². The molecule has 3 heterocycles. The molecule has 6 heteroatoms. The highest BCUT2D eigenvalue weighted by Crippen LogP contribution is 2.39. The molecular formula is C20H20N4OS. The molecule has 1 aliphatic rings. The summed E-state index contributed by atoms with van der Waals surface area (Å²) in [6.45, 7) is 0.815. The summed E-state index contributed by atoms with van der Waals surface area (Å²) in [6, 6.07) is 15.5. The summed E-state index contributed by atoms with van der Waals surface area (Å²) in [5.41, 5.74) is 8.71. The van der Waals surface area contributed by atoms with Crippen LogP contribution in [-0.2, 0) is 4.79 Å². The highest BCUT2D eigenvalue weighted by molar-refractivity contribution is 7.10. The standard InChI is InChI=1S/C20H20N4OS/c21-19(25)18(20-23-16(13-26-20)14-7-2-1-3-8-14)24-12-6-10-17(24)15-9-4-5-11-22-15/h1-5,7-9,11,13,17-18H,6,10,12H2,(H2,21,25). The van der Waals surface area contributed by atoms with E-state index in [0.29, 0.717) is 0 Å². The van der Waals surface area contributed by atoms with E-state index in [1.54, 1.807) is 6.20 Å². The van der Waals surface area contributed by atoms with E-state index in [0.717, 1.165) is 41.3 Å². The number of amides is 1. The van der Waals surface area contributed by atoms with Crippen LogP contribution in [0.1, 0.15) is 35.6 Å². The minimum atomic E-state index is -0.521.